The standard InChI is InChI=1S/C32H27F23O6/c33-22(34,9-1-2-17-10-16(5-8-21(17)61-14-19(59)12-57)15-3-6-20(7-4-15)60-13-18(58)11-56)23(35,36)24(37,38)25(39,40)26(41,42)27(43,44)28(45,46)29(47,48)30(49,50)31(51,52)32(53,54)55/h3-8,10,18-19,56-59H,1-2,9,11-14H2. The smallest absolute Gasteiger partial charge is 0.460 e. The molecule has 61 heavy (non-hydrogen) atoms. The Morgan fingerprint density at radius 2 is 0.803 bits per heavy atom. The molecule has 0 fully saturated rings. The molecule has 2 aromatic carbocycles. The van der Waals surface area contributed by atoms with Gasteiger partial charge >= 0.3 is 65.4 Å². The van der Waals surface area contributed by atoms with Crippen molar-refractivity contribution in [3.63, 3.8) is 0 Å². The second-order valence-electron chi connectivity index (χ2n) is 12.9. The molecule has 4 N–H and O–H groups in total. The minimum absolute atomic E-state index is 0.0701. The Morgan fingerprint density at radius 1 is 0.443 bits per heavy atom. The topological polar surface area (TPSA) is 99.4 Å². The molecule has 6 nitrogen and oxygen atoms in total. The Morgan fingerprint density at radius 3 is 1.20 bits per heavy atom. The molecule has 0 aromatic heterocycles. The molecular weight excluding hydrogens is 917 g/mol. The normalized spacial score (nSPS) is 15.8. The predicted octanol–water partition coefficient (Wildman–Crippen LogP) is 9.06. The van der Waals surface area contributed by atoms with Crippen molar-refractivity contribution in [1.82, 2.24) is 0 Å². The van der Waals surface area contributed by atoms with Crippen LogP contribution in [0.2, 0.25) is 0 Å². The van der Waals surface area contributed by atoms with E-state index in [4.69, 9.17) is 19.7 Å². The van der Waals surface area contributed by atoms with Crippen LogP contribution in [0.15, 0.2) is 42.5 Å². The Balaban J connectivity index is 2.51. The van der Waals surface area contributed by atoms with Crippen molar-refractivity contribution in [2.24, 2.45) is 0 Å². The van der Waals surface area contributed by atoms with Crippen molar-refractivity contribution in [2.75, 3.05) is 26.4 Å². The van der Waals surface area contributed by atoms with Crippen LogP contribution in [0.5, 0.6) is 11.5 Å². The van der Waals surface area contributed by atoms with Gasteiger partial charge in [-0.25, -0.2) is 0 Å². The monoisotopic (exact) mass is 944 g/mol. The quantitative estimate of drug-likeness (QED) is 0.0881. The van der Waals surface area contributed by atoms with Gasteiger partial charge in [-0.05, 0) is 53.8 Å². The number of rotatable bonds is 22. The van der Waals surface area contributed by atoms with Gasteiger partial charge < -0.3 is 29.9 Å². The molecule has 0 aliphatic heterocycles. The summed E-state index contributed by atoms with van der Waals surface area (Å²) in [5.74, 6) is -88.7. The van der Waals surface area contributed by atoms with Crippen LogP contribution in [0.1, 0.15) is 18.4 Å². The highest BCUT2D eigenvalue weighted by Crippen LogP contribution is 2.67. The summed E-state index contributed by atoms with van der Waals surface area (Å²) in [6.07, 6.45) is -16.7. The van der Waals surface area contributed by atoms with Gasteiger partial charge in [0, 0.05) is 6.42 Å². The number of hydrogen-bond donors (Lipinski definition) is 4. The largest absolute Gasteiger partial charge is 0.491 e. The minimum Gasteiger partial charge on any atom is -0.491 e. The molecule has 0 heterocycles. The molecule has 2 unspecified atom stereocenters. The summed E-state index contributed by atoms with van der Waals surface area (Å²) in [5.41, 5.74) is -0.135. The van der Waals surface area contributed by atoms with Crippen molar-refractivity contribution >= 4 is 0 Å². The van der Waals surface area contributed by atoms with E-state index in [0.29, 0.717) is 0 Å². The molecule has 0 radical (unpaired) electrons. The third kappa shape index (κ3) is 9.19. The highest BCUT2D eigenvalue weighted by atomic mass is 19.4. The predicted molar refractivity (Wildman–Crippen MR) is 158 cm³/mol. The molecule has 2 aromatic rings. The molecule has 352 valence electrons. The van der Waals surface area contributed by atoms with Crippen molar-refractivity contribution in [1.29, 1.82) is 0 Å². The van der Waals surface area contributed by atoms with Crippen LogP contribution in [0.25, 0.3) is 11.1 Å². The van der Waals surface area contributed by atoms with Crippen LogP contribution in [0, 0.1) is 0 Å². The van der Waals surface area contributed by atoms with Crippen LogP contribution in [0.4, 0.5) is 101 Å². The van der Waals surface area contributed by atoms with Crippen LogP contribution in [-0.4, -0.2) is 124 Å². The van der Waals surface area contributed by atoms with E-state index >= 15 is 0 Å². The zero-order valence-electron chi connectivity index (χ0n) is 29.4. The fraction of sp³-hybridized carbons (Fsp3) is 0.625. The maximum absolute atomic E-state index is 14.7. The van der Waals surface area contributed by atoms with Crippen LogP contribution >= 0.6 is 0 Å². The fourth-order valence-electron chi connectivity index (χ4n) is 4.77. The number of benzene rings is 2. The first-order valence-corrected chi connectivity index (χ1v) is 16.1. The van der Waals surface area contributed by atoms with E-state index in [1.165, 1.54) is 30.3 Å². The Hall–Kier alpha value is -3.73. The lowest BCUT2D eigenvalue weighted by Gasteiger charge is -2.45. The number of aryl methyl sites for hydroxylation is 1. The van der Waals surface area contributed by atoms with Gasteiger partial charge in [0.15, 0.2) is 0 Å². The van der Waals surface area contributed by atoms with Crippen molar-refractivity contribution in [2.45, 2.75) is 96.9 Å². The Kier molecular flexibility index (Phi) is 15.3. The number of alkyl halides is 23. The SMILES string of the molecule is OCC(O)COc1ccc(-c2ccc(OCC(O)CO)c(CCCC(F)(F)C(F)(F)C(F)(F)C(F)(F)C(F)(F)C(F)(F)C(F)(F)C(F)(F)C(F)(F)C(F)(F)C(F)(F)F)c2)cc1. The molecule has 2 rings (SSSR count). The van der Waals surface area contributed by atoms with Gasteiger partial charge in [0.2, 0.25) is 0 Å². The van der Waals surface area contributed by atoms with E-state index in [2.05, 4.69) is 0 Å². The van der Waals surface area contributed by atoms with E-state index in [1.54, 1.807) is 0 Å². The molecule has 2 atom stereocenters. The first-order chi connectivity index (χ1) is 27.2. The lowest BCUT2D eigenvalue weighted by atomic mass is 9.84. The molecule has 0 bridgehead atoms. The number of ether oxygens (including phenoxy) is 2. The van der Waals surface area contributed by atoms with E-state index < -0.39 is 128 Å². The van der Waals surface area contributed by atoms with E-state index in [0.717, 1.165) is 12.1 Å². The first kappa shape index (κ1) is 53.4. The Labute approximate surface area is 325 Å². The lowest BCUT2D eigenvalue weighted by molar-refractivity contribution is -0.478. The van der Waals surface area contributed by atoms with Gasteiger partial charge in [0.1, 0.15) is 36.9 Å². The summed E-state index contributed by atoms with van der Waals surface area (Å²) in [6.45, 7) is -2.82. The maximum atomic E-state index is 14.7. The highest BCUT2D eigenvalue weighted by molar-refractivity contribution is 5.66. The van der Waals surface area contributed by atoms with Gasteiger partial charge in [0.25, 0.3) is 0 Å². The maximum Gasteiger partial charge on any atom is 0.460 e. The van der Waals surface area contributed by atoms with Gasteiger partial charge in [-0.3, -0.25) is 0 Å². The summed E-state index contributed by atoms with van der Waals surface area (Å²) >= 11 is 0. The number of aliphatic hydroxyl groups is 4. The first-order valence-electron chi connectivity index (χ1n) is 16.1. The van der Waals surface area contributed by atoms with Gasteiger partial charge in [0.05, 0.1) is 13.2 Å². The summed E-state index contributed by atoms with van der Waals surface area (Å²) in [5, 5.41) is 36.7. The zero-order chi connectivity index (χ0) is 47.9. The molecular formula is C32H27F23O6. The second kappa shape index (κ2) is 17.4. The molecule has 0 saturated heterocycles. The van der Waals surface area contributed by atoms with Crippen molar-refractivity contribution in [3.8, 4) is 22.6 Å². The second-order valence-corrected chi connectivity index (χ2v) is 12.9. The average Bonchev–Trinajstić information content (AvgIpc) is 3.15. The van der Waals surface area contributed by atoms with Crippen LogP contribution in [-0.2, 0) is 6.42 Å². The van der Waals surface area contributed by atoms with Gasteiger partial charge in [-0.1, -0.05) is 18.2 Å². The van der Waals surface area contributed by atoms with Crippen molar-refractivity contribution < 1.29 is 131 Å². The third-order valence-corrected chi connectivity index (χ3v) is 8.45. The van der Waals surface area contributed by atoms with E-state index in [1.807, 2.05) is 0 Å². The molecule has 0 spiro atoms. The van der Waals surface area contributed by atoms with Gasteiger partial charge in [-0.15, -0.1) is 0 Å². The summed E-state index contributed by atoms with van der Waals surface area (Å²) in [4.78, 5) is 0. The van der Waals surface area contributed by atoms with Gasteiger partial charge in [-0.2, -0.15) is 101 Å². The molecule has 0 saturated carbocycles. The molecule has 0 amide bonds. The number of hydrogen-bond acceptors (Lipinski definition) is 6. The molecule has 0 aliphatic rings. The van der Waals surface area contributed by atoms with Crippen LogP contribution in [0.3, 0.4) is 0 Å². The Bertz CT molecular complexity index is 1770. The van der Waals surface area contributed by atoms with Crippen molar-refractivity contribution in [3.05, 3.63) is 48.0 Å². The minimum atomic E-state index is -9.48. The van der Waals surface area contributed by atoms with E-state index in [9.17, 15) is 111 Å². The average molecular weight is 945 g/mol. The van der Waals surface area contributed by atoms with Crippen LogP contribution < -0.4 is 9.47 Å². The summed E-state index contributed by atoms with van der Waals surface area (Å²) in [7, 11) is 0. The third-order valence-electron chi connectivity index (χ3n) is 8.45. The molecule has 29 heteroatoms. The molecule has 0 aliphatic carbocycles. The zero-order valence-corrected chi connectivity index (χ0v) is 29.4. The highest BCUT2D eigenvalue weighted by Gasteiger charge is 2.98. The van der Waals surface area contributed by atoms with E-state index in [-0.39, 0.29) is 23.5 Å². The summed E-state index contributed by atoms with van der Waals surface area (Å²) in [6, 6.07) is 8.34. The lowest BCUT2D eigenvalue weighted by Crippen LogP contribution is -2.77. The number of aliphatic hydroxyl groups excluding tert-OH is 4. The number of halogens is 23. The summed E-state index contributed by atoms with van der Waals surface area (Å²) < 4.78 is 328. The fourth-order valence-corrected chi connectivity index (χ4v) is 4.77.